The first-order valence-electron chi connectivity index (χ1n) is 6.54. The van der Waals surface area contributed by atoms with Crippen molar-refractivity contribution < 1.29 is 13.2 Å². The number of sulfonamides is 1. The van der Waals surface area contributed by atoms with Crippen molar-refractivity contribution in [3.63, 3.8) is 0 Å². The number of rotatable bonds is 5. The highest BCUT2D eigenvalue weighted by Gasteiger charge is 2.20. The van der Waals surface area contributed by atoms with Crippen LogP contribution in [0.25, 0.3) is 0 Å². The fourth-order valence-corrected chi connectivity index (χ4v) is 3.21. The highest BCUT2D eigenvalue weighted by Crippen LogP contribution is 2.19. The first kappa shape index (κ1) is 18.0. The molecule has 0 heterocycles. The second kappa shape index (κ2) is 7.50. The minimum Gasteiger partial charge on any atom is -0.325 e. The van der Waals surface area contributed by atoms with Gasteiger partial charge in [0.15, 0.2) is 0 Å². The van der Waals surface area contributed by atoms with E-state index in [9.17, 15) is 13.2 Å². The maximum absolute atomic E-state index is 12.1. The smallest absolute Gasteiger partial charge is 0.245 e. The fourth-order valence-electron chi connectivity index (χ4n) is 1.87. The summed E-state index contributed by atoms with van der Waals surface area (Å²) in [6.07, 6.45) is 1.07. The van der Waals surface area contributed by atoms with E-state index in [1.54, 1.807) is 48.5 Å². The number of carbonyl (C=O) groups is 1. The molecule has 0 spiro atoms. The topological polar surface area (TPSA) is 66.5 Å². The van der Waals surface area contributed by atoms with Gasteiger partial charge in [0.25, 0.3) is 0 Å². The molecule has 0 aliphatic carbocycles. The molecule has 0 atom stereocenters. The third-order valence-electron chi connectivity index (χ3n) is 2.93. The summed E-state index contributed by atoms with van der Waals surface area (Å²) < 4.78 is 26.0. The summed E-state index contributed by atoms with van der Waals surface area (Å²) in [4.78, 5) is 12.1. The summed E-state index contributed by atoms with van der Waals surface area (Å²) in [7, 11) is -3.58. The van der Waals surface area contributed by atoms with Crippen LogP contribution in [0.5, 0.6) is 0 Å². The molecule has 1 amide bonds. The van der Waals surface area contributed by atoms with Gasteiger partial charge >= 0.3 is 0 Å². The van der Waals surface area contributed by atoms with Crippen molar-refractivity contribution in [2.24, 2.45) is 0 Å². The highest BCUT2D eigenvalue weighted by atomic mass is 127. The van der Waals surface area contributed by atoms with Gasteiger partial charge in [0.2, 0.25) is 15.9 Å². The Balaban J connectivity index is 2.16. The van der Waals surface area contributed by atoms with E-state index < -0.39 is 15.9 Å². The van der Waals surface area contributed by atoms with Gasteiger partial charge in [0, 0.05) is 14.3 Å². The molecule has 2 rings (SSSR count). The number of hydrogen-bond acceptors (Lipinski definition) is 3. The lowest BCUT2D eigenvalue weighted by Gasteiger charge is -2.22. The van der Waals surface area contributed by atoms with Gasteiger partial charge in [0.05, 0.1) is 11.9 Å². The van der Waals surface area contributed by atoms with Crippen LogP contribution in [-0.2, 0) is 14.8 Å². The lowest BCUT2D eigenvalue weighted by atomic mass is 10.3. The molecule has 2 aromatic carbocycles. The standard InChI is InChI=1S/C15H14ClIN2O3S/c1-23(21,22)19(14-8-4-12(17)5-9-14)10-15(20)18-13-6-2-11(16)3-7-13/h2-9H,10H2,1H3,(H,18,20). The van der Waals surface area contributed by atoms with Crippen LogP contribution in [0.15, 0.2) is 48.5 Å². The Morgan fingerprint density at radius 3 is 2.22 bits per heavy atom. The quantitative estimate of drug-likeness (QED) is 0.690. The molecule has 2 aromatic rings. The SMILES string of the molecule is CS(=O)(=O)N(CC(=O)Nc1ccc(Cl)cc1)c1ccc(I)cc1. The van der Waals surface area contributed by atoms with Gasteiger partial charge in [-0.05, 0) is 71.1 Å². The van der Waals surface area contributed by atoms with Gasteiger partial charge in [-0.3, -0.25) is 9.10 Å². The lowest BCUT2D eigenvalue weighted by Crippen LogP contribution is -2.37. The zero-order chi connectivity index (χ0) is 17.0. The van der Waals surface area contributed by atoms with Crippen LogP contribution in [0.1, 0.15) is 0 Å². The van der Waals surface area contributed by atoms with Crippen molar-refractivity contribution >= 4 is 61.5 Å². The predicted octanol–water partition coefficient (Wildman–Crippen LogP) is 3.35. The molecule has 122 valence electrons. The summed E-state index contributed by atoms with van der Waals surface area (Å²) in [5, 5.41) is 3.20. The Labute approximate surface area is 153 Å². The third-order valence-corrected chi connectivity index (χ3v) is 5.04. The molecule has 0 radical (unpaired) electrons. The second-order valence-corrected chi connectivity index (χ2v) is 8.39. The lowest BCUT2D eigenvalue weighted by molar-refractivity contribution is -0.114. The number of nitrogens with one attached hydrogen (secondary N) is 1. The van der Waals surface area contributed by atoms with Crippen molar-refractivity contribution in [2.75, 3.05) is 22.4 Å². The number of amides is 1. The zero-order valence-corrected chi connectivity index (χ0v) is 15.9. The van der Waals surface area contributed by atoms with Crippen LogP contribution in [0.3, 0.4) is 0 Å². The molecule has 23 heavy (non-hydrogen) atoms. The Kier molecular flexibility index (Phi) is 5.88. The molecular formula is C15H14ClIN2O3S. The Bertz CT molecular complexity index is 792. The minimum absolute atomic E-state index is 0.304. The van der Waals surface area contributed by atoms with Crippen molar-refractivity contribution in [3.8, 4) is 0 Å². The maximum Gasteiger partial charge on any atom is 0.245 e. The van der Waals surface area contributed by atoms with Crippen LogP contribution < -0.4 is 9.62 Å². The van der Waals surface area contributed by atoms with Gasteiger partial charge in [-0.1, -0.05) is 11.6 Å². The van der Waals surface area contributed by atoms with Crippen molar-refractivity contribution in [2.45, 2.75) is 0 Å². The van der Waals surface area contributed by atoms with Crippen LogP contribution >= 0.6 is 34.2 Å². The Morgan fingerprint density at radius 2 is 1.70 bits per heavy atom. The normalized spacial score (nSPS) is 11.1. The van der Waals surface area contributed by atoms with Crippen molar-refractivity contribution in [1.82, 2.24) is 0 Å². The fraction of sp³-hybridized carbons (Fsp3) is 0.133. The molecule has 0 saturated carbocycles. The van der Waals surface area contributed by atoms with Crippen LogP contribution in [0.2, 0.25) is 5.02 Å². The largest absolute Gasteiger partial charge is 0.325 e. The van der Waals surface area contributed by atoms with E-state index in [1.807, 2.05) is 0 Å². The van der Waals surface area contributed by atoms with Gasteiger partial charge in [-0.2, -0.15) is 0 Å². The van der Waals surface area contributed by atoms with Crippen molar-refractivity contribution in [1.29, 1.82) is 0 Å². The van der Waals surface area contributed by atoms with E-state index in [0.717, 1.165) is 14.1 Å². The average molecular weight is 465 g/mol. The summed E-state index contributed by atoms with van der Waals surface area (Å²) in [6.45, 7) is -0.304. The van der Waals surface area contributed by atoms with Crippen LogP contribution in [0.4, 0.5) is 11.4 Å². The number of benzene rings is 2. The molecule has 1 N–H and O–H groups in total. The number of hydrogen-bond donors (Lipinski definition) is 1. The average Bonchev–Trinajstić information content (AvgIpc) is 2.47. The van der Waals surface area contributed by atoms with E-state index in [-0.39, 0.29) is 6.54 Å². The van der Waals surface area contributed by atoms with Crippen LogP contribution in [0, 0.1) is 3.57 Å². The zero-order valence-electron chi connectivity index (χ0n) is 12.2. The molecule has 8 heteroatoms. The van der Waals surface area contributed by atoms with E-state index in [0.29, 0.717) is 16.4 Å². The molecule has 0 bridgehead atoms. The van der Waals surface area contributed by atoms with Gasteiger partial charge in [0.1, 0.15) is 6.54 Å². The Hall–Kier alpha value is -1.32. The summed E-state index contributed by atoms with van der Waals surface area (Å²) in [6, 6.07) is 13.5. The molecule has 0 unspecified atom stereocenters. The Morgan fingerprint density at radius 1 is 1.13 bits per heavy atom. The number of anilines is 2. The molecule has 0 aliphatic rings. The molecule has 0 aliphatic heterocycles. The highest BCUT2D eigenvalue weighted by molar-refractivity contribution is 14.1. The third kappa shape index (κ3) is 5.36. The molecule has 5 nitrogen and oxygen atoms in total. The monoisotopic (exact) mass is 464 g/mol. The number of carbonyl (C=O) groups excluding carboxylic acids is 1. The minimum atomic E-state index is -3.58. The molecule has 0 fully saturated rings. The van der Waals surface area contributed by atoms with Gasteiger partial charge in [-0.15, -0.1) is 0 Å². The van der Waals surface area contributed by atoms with E-state index >= 15 is 0 Å². The van der Waals surface area contributed by atoms with E-state index in [4.69, 9.17) is 11.6 Å². The van der Waals surface area contributed by atoms with Gasteiger partial charge < -0.3 is 5.32 Å². The first-order valence-corrected chi connectivity index (χ1v) is 9.85. The predicted molar refractivity (Wildman–Crippen MR) is 101 cm³/mol. The molecule has 0 aromatic heterocycles. The van der Waals surface area contributed by atoms with Crippen molar-refractivity contribution in [3.05, 3.63) is 57.1 Å². The second-order valence-electron chi connectivity index (χ2n) is 4.80. The molecule has 0 saturated heterocycles. The van der Waals surface area contributed by atoms with E-state index in [2.05, 4.69) is 27.9 Å². The summed E-state index contributed by atoms with van der Waals surface area (Å²) in [5.41, 5.74) is 0.995. The van der Waals surface area contributed by atoms with Crippen LogP contribution in [-0.4, -0.2) is 27.1 Å². The van der Waals surface area contributed by atoms with Gasteiger partial charge in [-0.25, -0.2) is 8.42 Å². The van der Waals surface area contributed by atoms with E-state index in [1.165, 1.54) is 0 Å². The number of nitrogens with zero attached hydrogens (tertiary/aromatic N) is 1. The summed E-state index contributed by atoms with van der Waals surface area (Å²) >= 11 is 7.91. The number of halogens is 2. The maximum atomic E-state index is 12.1. The summed E-state index contributed by atoms with van der Waals surface area (Å²) in [5.74, 6) is -0.434. The first-order chi connectivity index (χ1) is 10.8. The molecular weight excluding hydrogens is 451 g/mol.